The maximum atomic E-state index is 12.0. The average molecular weight is 400 g/mol. The van der Waals surface area contributed by atoms with Crippen molar-refractivity contribution in [2.45, 2.75) is 99.9 Å². The van der Waals surface area contributed by atoms with Crippen LogP contribution < -0.4 is 0 Å². The van der Waals surface area contributed by atoms with Crippen molar-refractivity contribution in [1.82, 2.24) is 0 Å². The fourth-order valence-corrected chi connectivity index (χ4v) is 8.16. The summed E-state index contributed by atoms with van der Waals surface area (Å²) in [7, 11) is 0. The van der Waals surface area contributed by atoms with Gasteiger partial charge in [-0.15, -0.1) is 0 Å². The quantitative estimate of drug-likeness (QED) is 0.237. The Morgan fingerprint density at radius 1 is 0.857 bits per heavy atom. The number of aliphatic hydroxyl groups excluding tert-OH is 3. The van der Waals surface area contributed by atoms with E-state index in [4.69, 9.17) is 4.74 Å². The van der Waals surface area contributed by atoms with Crippen LogP contribution in [-0.4, -0.2) is 88.7 Å². The highest BCUT2D eigenvalue weighted by Crippen LogP contribution is 2.73. The van der Waals surface area contributed by atoms with E-state index >= 15 is 0 Å². The number of aliphatic hydroxyl groups is 7. The SMILES string of the molecule is CC1(C)[C@H]2O[C@H]2[C@@H]2[C@]1(O)[C@H](O)[C@@H](O)[C@]13C[C@@](C)(O)[C@H](CC[C@@]1(O)[C@@]2(C)O)[C@H]3O. The number of hydrogen-bond donors (Lipinski definition) is 7. The summed E-state index contributed by atoms with van der Waals surface area (Å²) in [6.45, 7) is 6.36. The second-order valence-electron chi connectivity index (χ2n) is 11.1. The molecular weight excluding hydrogens is 368 g/mol. The molecule has 0 unspecified atom stereocenters. The van der Waals surface area contributed by atoms with E-state index in [0.717, 1.165) is 0 Å². The standard InChI is InChI=1S/C20H32O8/c1-15(2)14-9(28-14)10-17(4,25)19(26)6-5-8-11(21)18(19,7-16(8,3)24)12(22)13(23)20(10,15)27/h8-14,21-27H,5-7H2,1-4H3/t8-,9+,10+,11-,12-,13-,14+,16-,17+,18-,19-,20+/m1/s1. The predicted molar refractivity (Wildman–Crippen MR) is 94.9 cm³/mol. The maximum Gasteiger partial charge on any atom is 0.110 e. The fraction of sp³-hybridized carbons (Fsp3) is 1.00. The van der Waals surface area contributed by atoms with Gasteiger partial charge in [-0.3, -0.25) is 0 Å². The van der Waals surface area contributed by atoms with Crippen LogP contribution in [0.15, 0.2) is 0 Å². The molecule has 5 rings (SSSR count). The van der Waals surface area contributed by atoms with E-state index in [-0.39, 0.29) is 19.3 Å². The Morgan fingerprint density at radius 3 is 2.07 bits per heavy atom. The topological polar surface area (TPSA) is 154 Å². The third-order valence-electron chi connectivity index (χ3n) is 9.74. The molecule has 5 aliphatic rings. The molecule has 1 aliphatic heterocycles. The summed E-state index contributed by atoms with van der Waals surface area (Å²) < 4.78 is 5.71. The lowest BCUT2D eigenvalue weighted by Gasteiger charge is -2.58. The lowest BCUT2D eigenvalue weighted by Crippen LogP contribution is -2.72. The van der Waals surface area contributed by atoms with Crippen LogP contribution >= 0.6 is 0 Å². The Balaban J connectivity index is 1.79. The molecule has 8 heteroatoms. The Labute approximate surface area is 163 Å². The molecule has 0 aromatic carbocycles. The van der Waals surface area contributed by atoms with E-state index in [2.05, 4.69) is 0 Å². The second kappa shape index (κ2) is 4.78. The summed E-state index contributed by atoms with van der Waals surface area (Å²) >= 11 is 0. The molecule has 0 radical (unpaired) electrons. The molecule has 1 heterocycles. The normalized spacial score (nSPS) is 69.3. The molecule has 4 aliphatic carbocycles. The highest BCUT2D eigenvalue weighted by atomic mass is 16.6. The first-order valence-corrected chi connectivity index (χ1v) is 10.2. The molecule has 160 valence electrons. The molecule has 2 bridgehead atoms. The fourth-order valence-electron chi connectivity index (χ4n) is 8.16. The molecule has 12 atom stereocenters. The number of hydrogen-bond acceptors (Lipinski definition) is 8. The van der Waals surface area contributed by atoms with Crippen LogP contribution in [0.25, 0.3) is 0 Å². The summed E-state index contributed by atoms with van der Waals surface area (Å²) in [4.78, 5) is 0. The van der Waals surface area contributed by atoms with Gasteiger partial charge in [-0.1, -0.05) is 13.8 Å². The van der Waals surface area contributed by atoms with Crippen LogP contribution in [0.3, 0.4) is 0 Å². The van der Waals surface area contributed by atoms with Gasteiger partial charge in [-0.2, -0.15) is 0 Å². The van der Waals surface area contributed by atoms with E-state index < -0.39 is 75.6 Å². The Hall–Kier alpha value is -0.320. The van der Waals surface area contributed by atoms with Crippen molar-refractivity contribution in [3.8, 4) is 0 Å². The molecule has 0 amide bonds. The van der Waals surface area contributed by atoms with Gasteiger partial charge in [-0.25, -0.2) is 0 Å². The van der Waals surface area contributed by atoms with Gasteiger partial charge in [0.1, 0.15) is 17.3 Å². The highest BCUT2D eigenvalue weighted by molar-refractivity contribution is 5.37. The first-order valence-electron chi connectivity index (χ1n) is 10.2. The Bertz CT molecular complexity index is 736. The first-order chi connectivity index (χ1) is 12.6. The van der Waals surface area contributed by atoms with Gasteiger partial charge >= 0.3 is 0 Å². The highest BCUT2D eigenvalue weighted by Gasteiger charge is 2.88. The monoisotopic (exact) mass is 400 g/mol. The molecule has 5 fully saturated rings. The molecule has 0 aromatic heterocycles. The zero-order valence-electron chi connectivity index (χ0n) is 16.7. The summed E-state index contributed by atoms with van der Waals surface area (Å²) in [5.74, 6) is -1.68. The third kappa shape index (κ3) is 1.61. The predicted octanol–water partition coefficient (Wildman–Crippen LogP) is -1.73. The largest absolute Gasteiger partial charge is 0.392 e. The maximum absolute atomic E-state index is 12.0. The molecule has 1 spiro atoms. The molecule has 0 aromatic rings. The van der Waals surface area contributed by atoms with Crippen molar-refractivity contribution in [3.05, 3.63) is 0 Å². The number of rotatable bonds is 0. The molecule has 7 N–H and O–H groups in total. The number of fused-ring (bicyclic) bond motifs is 4. The smallest absolute Gasteiger partial charge is 0.110 e. The minimum atomic E-state index is -2.04. The van der Waals surface area contributed by atoms with Crippen LogP contribution in [0, 0.1) is 22.7 Å². The molecule has 8 nitrogen and oxygen atoms in total. The zero-order chi connectivity index (χ0) is 20.9. The minimum Gasteiger partial charge on any atom is -0.392 e. The third-order valence-corrected chi connectivity index (χ3v) is 9.74. The van der Waals surface area contributed by atoms with E-state index in [0.29, 0.717) is 0 Å². The Kier molecular flexibility index (Phi) is 3.35. The van der Waals surface area contributed by atoms with E-state index in [1.807, 2.05) is 0 Å². The number of ether oxygens (including phenoxy) is 1. The molecule has 1 saturated heterocycles. The Morgan fingerprint density at radius 2 is 1.46 bits per heavy atom. The van der Waals surface area contributed by atoms with Gasteiger partial charge in [0.05, 0.1) is 47.0 Å². The van der Waals surface area contributed by atoms with E-state index in [1.165, 1.54) is 6.92 Å². The second-order valence-corrected chi connectivity index (χ2v) is 11.1. The van der Waals surface area contributed by atoms with Gasteiger partial charge in [0, 0.05) is 11.3 Å². The van der Waals surface area contributed by atoms with Crippen molar-refractivity contribution in [3.63, 3.8) is 0 Å². The van der Waals surface area contributed by atoms with Gasteiger partial charge in [0.2, 0.25) is 0 Å². The minimum absolute atomic E-state index is 0.0199. The number of epoxide rings is 1. The summed E-state index contributed by atoms with van der Waals surface area (Å²) in [5, 5.41) is 80.4. The van der Waals surface area contributed by atoms with Crippen LogP contribution in [0.5, 0.6) is 0 Å². The summed E-state index contributed by atoms with van der Waals surface area (Å²) in [6.07, 6.45) is -5.77. The van der Waals surface area contributed by atoms with Crippen molar-refractivity contribution in [2.75, 3.05) is 0 Å². The van der Waals surface area contributed by atoms with Gasteiger partial charge in [0.15, 0.2) is 0 Å². The van der Waals surface area contributed by atoms with Crippen LogP contribution in [0.1, 0.15) is 47.0 Å². The van der Waals surface area contributed by atoms with Gasteiger partial charge < -0.3 is 40.5 Å². The van der Waals surface area contributed by atoms with Gasteiger partial charge in [-0.05, 0) is 33.1 Å². The van der Waals surface area contributed by atoms with E-state index in [9.17, 15) is 35.7 Å². The first kappa shape index (κ1) is 19.6. The molecule has 28 heavy (non-hydrogen) atoms. The lowest BCUT2D eigenvalue weighted by molar-refractivity contribution is -0.287. The van der Waals surface area contributed by atoms with E-state index in [1.54, 1.807) is 20.8 Å². The zero-order valence-corrected chi connectivity index (χ0v) is 16.7. The summed E-state index contributed by atoms with van der Waals surface area (Å²) in [6, 6.07) is 0. The van der Waals surface area contributed by atoms with Crippen molar-refractivity contribution in [1.29, 1.82) is 0 Å². The van der Waals surface area contributed by atoms with Crippen molar-refractivity contribution < 1.29 is 40.5 Å². The van der Waals surface area contributed by atoms with Crippen LogP contribution in [0.4, 0.5) is 0 Å². The summed E-state index contributed by atoms with van der Waals surface area (Å²) in [5.41, 5.74) is -10.2. The average Bonchev–Trinajstić information content (AvgIpc) is 3.30. The lowest BCUT2D eigenvalue weighted by atomic mass is 9.53. The van der Waals surface area contributed by atoms with Crippen molar-refractivity contribution in [2.24, 2.45) is 22.7 Å². The van der Waals surface area contributed by atoms with Crippen LogP contribution in [-0.2, 0) is 4.74 Å². The molecule has 4 saturated carbocycles. The van der Waals surface area contributed by atoms with Gasteiger partial charge in [0.25, 0.3) is 0 Å². The molecular formula is C20H32O8. The van der Waals surface area contributed by atoms with Crippen molar-refractivity contribution >= 4 is 0 Å². The van der Waals surface area contributed by atoms with Crippen LogP contribution in [0.2, 0.25) is 0 Å².